The number of anilines is 2. The van der Waals surface area contributed by atoms with Crippen LogP contribution in [0.25, 0.3) is 10.2 Å². The van der Waals surface area contributed by atoms with E-state index in [4.69, 9.17) is 0 Å². The minimum absolute atomic E-state index is 0.0111. The largest absolute Gasteiger partial charge is 0.394 e. The zero-order chi connectivity index (χ0) is 14.0. The van der Waals surface area contributed by atoms with Crippen LogP contribution in [0.5, 0.6) is 0 Å². The van der Waals surface area contributed by atoms with Crippen molar-refractivity contribution in [1.29, 1.82) is 0 Å². The number of nitrogens with zero attached hydrogens (tertiary/aromatic N) is 2. The Kier molecular flexibility index (Phi) is 4.21. The topological polar surface area (TPSA) is 70.1 Å². The molecule has 2 aromatic heterocycles. The lowest BCUT2D eigenvalue weighted by molar-refractivity contribution is 0.249. The third-order valence-corrected chi connectivity index (χ3v) is 4.01. The van der Waals surface area contributed by atoms with Gasteiger partial charge in [0.05, 0.1) is 18.0 Å². The van der Waals surface area contributed by atoms with E-state index in [0.717, 1.165) is 16.0 Å². The van der Waals surface area contributed by atoms with Crippen molar-refractivity contribution >= 4 is 33.3 Å². The maximum atomic E-state index is 9.44. The van der Waals surface area contributed by atoms with E-state index in [9.17, 15) is 5.11 Å². The highest BCUT2D eigenvalue weighted by Gasteiger charge is 2.16. The van der Waals surface area contributed by atoms with Crippen LogP contribution in [0.3, 0.4) is 0 Å². The Morgan fingerprint density at radius 1 is 1.37 bits per heavy atom. The van der Waals surface area contributed by atoms with E-state index in [1.54, 1.807) is 18.4 Å². The lowest BCUT2D eigenvalue weighted by Gasteiger charge is -2.21. The van der Waals surface area contributed by atoms with Crippen molar-refractivity contribution in [1.82, 2.24) is 9.97 Å². The minimum atomic E-state index is -0.0111. The van der Waals surface area contributed by atoms with Crippen LogP contribution in [0.4, 0.5) is 11.8 Å². The Labute approximate surface area is 117 Å². The molecule has 0 aliphatic rings. The first-order chi connectivity index (χ1) is 9.05. The minimum Gasteiger partial charge on any atom is -0.394 e. The summed E-state index contributed by atoms with van der Waals surface area (Å²) >= 11 is 1.65. The second kappa shape index (κ2) is 5.71. The Bertz CT molecular complexity index is 567. The fourth-order valence-electron chi connectivity index (χ4n) is 1.86. The maximum Gasteiger partial charge on any atom is 0.225 e. The van der Waals surface area contributed by atoms with Gasteiger partial charge in [-0.2, -0.15) is 4.98 Å². The average molecular weight is 280 g/mol. The lowest BCUT2D eigenvalue weighted by atomic mass is 10.1. The molecule has 1 atom stereocenters. The molecule has 5 nitrogen and oxygen atoms in total. The summed E-state index contributed by atoms with van der Waals surface area (Å²) in [7, 11) is 1.80. The highest BCUT2D eigenvalue weighted by molar-refractivity contribution is 7.18. The van der Waals surface area contributed by atoms with E-state index in [-0.39, 0.29) is 12.6 Å². The predicted molar refractivity (Wildman–Crippen MR) is 81.0 cm³/mol. The van der Waals surface area contributed by atoms with Gasteiger partial charge in [0, 0.05) is 11.9 Å². The molecule has 1 unspecified atom stereocenters. The van der Waals surface area contributed by atoms with Crippen molar-refractivity contribution in [3.63, 3.8) is 0 Å². The van der Waals surface area contributed by atoms with E-state index in [2.05, 4.69) is 47.4 Å². The van der Waals surface area contributed by atoms with Crippen LogP contribution in [0.2, 0.25) is 0 Å². The van der Waals surface area contributed by atoms with Crippen LogP contribution in [-0.4, -0.2) is 34.8 Å². The van der Waals surface area contributed by atoms with Crippen LogP contribution in [0.15, 0.2) is 6.07 Å². The molecule has 6 heteroatoms. The van der Waals surface area contributed by atoms with Crippen molar-refractivity contribution in [2.75, 3.05) is 24.3 Å². The number of rotatable bonds is 5. The number of hydrogen-bond donors (Lipinski definition) is 3. The molecule has 19 heavy (non-hydrogen) atoms. The van der Waals surface area contributed by atoms with Gasteiger partial charge in [-0.1, -0.05) is 13.8 Å². The Morgan fingerprint density at radius 3 is 2.68 bits per heavy atom. The molecule has 104 valence electrons. The first-order valence-electron chi connectivity index (χ1n) is 6.38. The second-order valence-corrected chi connectivity index (χ2v) is 6.13. The summed E-state index contributed by atoms with van der Waals surface area (Å²) in [4.78, 5) is 11.1. The summed E-state index contributed by atoms with van der Waals surface area (Å²) in [6, 6.07) is 2.07. The summed E-state index contributed by atoms with van der Waals surface area (Å²) in [6.45, 7) is 6.29. The standard InChI is InChI=1S/C13H20N4OS/c1-7(2)10(6-18)15-11-9-5-8(3)19-12(9)17-13(14-4)16-11/h5,7,10,18H,6H2,1-4H3,(H2,14,15,16,17). The fraction of sp³-hybridized carbons (Fsp3) is 0.538. The monoisotopic (exact) mass is 280 g/mol. The quantitative estimate of drug-likeness (QED) is 0.785. The number of hydrogen-bond acceptors (Lipinski definition) is 6. The molecule has 2 rings (SSSR count). The highest BCUT2D eigenvalue weighted by atomic mass is 32.1. The van der Waals surface area contributed by atoms with Gasteiger partial charge in [0.15, 0.2) is 0 Å². The molecule has 0 bridgehead atoms. The Morgan fingerprint density at radius 2 is 2.11 bits per heavy atom. The van der Waals surface area contributed by atoms with Gasteiger partial charge >= 0.3 is 0 Å². The highest BCUT2D eigenvalue weighted by Crippen LogP contribution is 2.30. The maximum absolute atomic E-state index is 9.44. The van der Waals surface area contributed by atoms with Crippen LogP contribution in [0.1, 0.15) is 18.7 Å². The van der Waals surface area contributed by atoms with Crippen molar-refractivity contribution in [3.05, 3.63) is 10.9 Å². The van der Waals surface area contributed by atoms with E-state index in [0.29, 0.717) is 11.9 Å². The molecule has 0 saturated carbocycles. The van der Waals surface area contributed by atoms with Gasteiger partial charge in [-0.05, 0) is 18.9 Å². The summed E-state index contributed by atoms with van der Waals surface area (Å²) in [5.74, 6) is 1.71. The molecule has 0 aromatic carbocycles. The van der Waals surface area contributed by atoms with Gasteiger partial charge < -0.3 is 15.7 Å². The number of aliphatic hydroxyl groups excluding tert-OH is 1. The van der Waals surface area contributed by atoms with Gasteiger partial charge in [-0.3, -0.25) is 0 Å². The SMILES string of the molecule is CNc1nc(NC(CO)C(C)C)c2cc(C)sc2n1. The van der Waals surface area contributed by atoms with Crippen molar-refractivity contribution in [3.8, 4) is 0 Å². The molecule has 0 aliphatic heterocycles. The number of nitrogens with one attached hydrogen (secondary N) is 2. The molecule has 2 aromatic rings. The molecular formula is C13H20N4OS. The summed E-state index contributed by atoms with van der Waals surface area (Å²) < 4.78 is 0. The molecular weight excluding hydrogens is 260 g/mol. The van der Waals surface area contributed by atoms with E-state index in [1.165, 1.54) is 4.88 Å². The van der Waals surface area contributed by atoms with E-state index in [1.807, 2.05) is 0 Å². The third-order valence-electron chi connectivity index (χ3n) is 3.06. The van der Waals surface area contributed by atoms with Crippen LogP contribution in [-0.2, 0) is 0 Å². The molecule has 0 fully saturated rings. The molecule has 2 heterocycles. The number of thiophene rings is 1. The molecule has 0 radical (unpaired) electrons. The fourth-order valence-corrected chi connectivity index (χ4v) is 2.74. The van der Waals surface area contributed by atoms with Crippen molar-refractivity contribution in [2.24, 2.45) is 5.92 Å². The molecule has 0 aliphatic carbocycles. The number of fused-ring (bicyclic) bond motifs is 1. The smallest absolute Gasteiger partial charge is 0.225 e. The molecule has 0 spiro atoms. The summed E-state index contributed by atoms with van der Waals surface area (Å²) in [5.41, 5.74) is 0. The van der Waals surface area contributed by atoms with Gasteiger partial charge in [0.1, 0.15) is 10.6 Å². The van der Waals surface area contributed by atoms with Crippen LogP contribution >= 0.6 is 11.3 Å². The zero-order valence-corrected chi connectivity index (χ0v) is 12.5. The molecule has 0 saturated heterocycles. The zero-order valence-electron chi connectivity index (χ0n) is 11.7. The predicted octanol–water partition coefficient (Wildman–Crippen LogP) is 2.47. The van der Waals surface area contributed by atoms with E-state index >= 15 is 0 Å². The van der Waals surface area contributed by atoms with Gasteiger partial charge in [0.2, 0.25) is 5.95 Å². The lowest BCUT2D eigenvalue weighted by Crippen LogP contribution is -2.30. The van der Waals surface area contributed by atoms with Crippen LogP contribution < -0.4 is 10.6 Å². The number of aliphatic hydroxyl groups is 1. The van der Waals surface area contributed by atoms with E-state index < -0.39 is 0 Å². The number of aryl methyl sites for hydroxylation is 1. The molecule has 0 amide bonds. The third kappa shape index (κ3) is 2.96. The Hall–Kier alpha value is -1.40. The Balaban J connectivity index is 2.45. The van der Waals surface area contributed by atoms with Gasteiger partial charge in [-0.15, -0.1) is 11.3 Å². The van der Waals surface area contributed by atoms with Crippen LogP contribution in [0, 0.1) is 12.8 Å². The summed E-state index contributed by atoms with van der Waals surface area (Å²) in [6.07, 6.45) is 0. The summed E-state index contributed by atoms with van der Waals surface area (Å²) in [5, 5.41) is 16.8. The van der Waals surface area contributed by atoms with Gasteiger partial charge in [0.25, 0.3) is 0 Å². The second-order valence-electron chi connectivity index (χ2n) is 4.90. The normalized spacial score (nSPS) is 12.9. The van der Waals surface area contributed by atoms with Gasteiger partial charge in [-0.25, -0.2) is 4.98 Å². The average Bonchev–Trinajstić information content (AvgIpc) is 2.75. The first-order valence-corrected chi connectivity index (χ1v) is 7.20. The van der Waals surface area contributed by atoms with Crippen molar-refractivity contribution < 1.29 is 5.11 Å². The number of aromatic nitrogens is 2. The molecule has 3 N–H and O–H groups in total. The van der Waals surface area contributed by atoms with Crippen molar-refractivity contribution in [2.45, 2.75) is 26.8 Å². The first kappa shape index (κ1) is 14.0.